The second-order valence-corrected chi connectivity index (χ2v) is 5.14. The molecule has 84 valence electrons. The maximum atomic E-state index is 3.76. The van der Waals surface area contributed by atoms with E-state index in [2.05, 4.69) is 26.1 Å². The minimum atomic E-state index is 0.798. The molecule has 0 aliphatic heterocycles. The highest BCUT2D eigenvalue weighted by atomic mass is 14.9. The summed E-state index contributed by atoms with van der Waals surface area (Å²) in [6.45, 7) is 8.25. The Bertz CT molecular complexity index is 144. The lowest BCUT2D eigenvalue weighted by Crippen LogP contribution is -2.36. The molecule has 0 aromatic carbocycles. The number of rotatable bonds is 4. The van der Waals surface area contributed by atoms with E-state index in [1.54, 1.807) is 0 Å². The number of nitrogens with one attached hydrogen (secondary N) is 1. The average molecular weight is 197 g/mol. The van der Waals surface area contributed by atoms with Gasteiger partial charge in [0.2, 0.25) is 0 Å². The van der Waals surface area contributed by atoms with Crippen LogP contribution in [0.5, 0.6) is 0 Å². The molecule has 0 bridgehead atoms. The first-order valence-electron chi connectivity index (χ1n) is 6.47. The topological polar surface area (TPSA) is 12.0 Å². The van der Waals surface area contributed by atoms with Crippen molar-refractivity contribution in [3.63, 3.8) is 0 Å². The summed E-state index contributed by atoms with van der Waals surface area (Å²) < 4.78 is 0. The zero-order valence-electron chi connectivity index (χ0n) is 10.2. The van der Waals surface area contributed by atoms with Crippen LogP contribution in [0.3, 0.4) is 0 Å². The Morgan fingerprint density at radius 3 is 2.64 bits per heavy atom. The van der Waals surface area contributed by atoms with Crippen molar-refractivity contribution in [1.82, 2.24) is 5.32 Å². The van der Waals surface area contributed by atoms with Crippen LogP contribution >= 0.6 is 0 Å². The van der Waals surface area contributed by atoms with Crippen LogP contribution in [-0.2, 0) is 0 Å². The SMILES string of the molecule is CCC(C)CNC1CCCCCC1C. The van der Waals surface area contributed by atoms with Gasteiger partial charge >= 0.3 is 0 Å². The lowest BCUT2D eigenvalue weighted by Gasteiger charge is -2.24. The molecule has 0 amide bonds. The maximum Gasteiger partial charge on any atom is 0.00928 e. The van der Waals surface area contributed by atoms with E-state index in [0.717, 1.165) is 17.9 Å². The van der Waals surface area contributed by atoms with E-state index in [1.165, 1.54) is 45.1 Å². The zero-order valence-corrected chi connectivity index (χ0v) is 10.2. The Kier molecular flexibility index (Phi) is 5.54. The molecular formula is C13H27N. The van der Waals surface area contributed by atoms with Crippen LogP contribution in [0, 0.1) is 11.8 Å². The summed E-state index contributed by atoms with van der Waals surface area (Å²) >= 11 is 0. The van der Waals surface area contributed by atoms with Gasteiger partial charge in [-0.2, -0.15) is 0 Å². The van der Waals surface area contributed by atoms with Crippen molar-refractivity contribution < 1.29 is 0 Å². The van der Waals surface area contributed by atoms with Gasteiger partial charge in [-0.3, -0.25) is 0 Å². The minimum Gasteiger partial charge on any atom is -0.313 e. The fourth-order valence-electron chi connectivity index (χ4n) is 2.29. The highest BCUT2D eigenvalue weighted by Gasteiger charge is 2.19. The fraction of sp³-hybridized carbons (Fsp3) is 1.00. The summed E-state index contributed by atoms with van der Waals surface area (Å²) in [6, 6.07) is 0.798. The van der Waals surface area contributed by atoms with Crippen molar-refractivity contribution >= 4 is 0 Å². The molecule has 1 N–H and O–H groups in total. The van der Waals surface area contributed by atoms with Gasteiger partial charge in [0.1, 0.15) is 0 Å². The molecule has 3 unspecified atom stereocenters. The van der Waals surface area contributed by atoms with E-state index in [-0.39, 0.29) is 0 Å². The molecule has 1 saturated carbocycles. The summed E-state index contributed by atoms with van der Waals surface area (Å²) in [7, 11) is 0. The van der Waals surface area contributed by atoms with E-state index in [0.29, 0.717) is 0 Å². The molecule has 3 atom stereocenters. The van der Waals surface area contributed by atoms with Crippen molar-refractivity contribution in [1.29, 1.82) is 0 Å². The van der Waals surface area contributed by atoms with E-state index in [9.17, 15) is 0 Å². The summed E-state index contributed by atoms with van der Waals surface area (Å²) in [4.78, 5) is 0. The van der Waals surface area contributed by atoms with Crippen molar-refractivity contribution in [3.8, 4) is 0 Å². The fourth-order valence-corrected chi connectivity index (χ4v) is 2.29. The smallest absolute Gasteiger partial charge is 0.00928 e. The Balaban J connectivity index is 2.26. The van der Waals surface area contributed by atoms with Gasteiger partial charge in [-0.05, 0) is 31.2 Å². The van der Waals surface area contributed by atoms with Gasteiger partial charge in [0.05, 0.1) is 0 Å². The van der Waals surface area contributed by atoms with E-state index in [1.807, 2.05) is 0 Å². The van der Waals surface area contributed by atoms with Crippen molar-refractivity contribution in [2.45, 2.75) is 65.3 Å². The van der Waals surface area contributed by atoms with Gasteiger partial charge in [-0.25, -0.2) is 0 Å². The van der Waals surface area contributed by atoms with Crippen LogP contribution in [0.4, 0.5) is 0 Å². The molecule has 0 radical (unpaired) electrons. The highest BCUT2D eigenvalue weighted by Crippen LogP contribution is 2.23. The molecule has 1 rings (SSSR count). The first-order valence-corrected chi connectivity index (χ1v) is 6.47. The van der Waals surface area contributed by atoms with Gasteiger partial charge in [0.15, 0.2) is 0 Å². The second kappa shape index (κ2) is 6.44. The first kappa shape index (κ1) is 12.0. The Morgan fingerprint density at radius 1 is 1.21 bits per heavy atom. The van der Waals surface area contributed by atoms with E-state index in [4.69, 9.17) is 0 Å². The minimum absolute atomic E-state index is 0.798. The standard InChI is InChI=1S/C13H27N/c1-4-11(2)10-14-13-9-7-5-6-8-12(13)3/h11-14H,4-10H2,1-3H3. The van der Waals surface area contributed by atoms with Crippen LogP contribution < -0.4 is 5.32 Å². The molecule has 1 fully saturated rings. The maximum absolute atomic E-state index is 3.76. The van der Waals surface area contributed by atoms with Gasteiger partial charge < -0.3 is 5.32 Å². The van der Waals surface area contributed by atoms with Crippen LogP contribution in [0.25, 0.3) is 0 Å². The molecule has 1 nitrogen and oxygen atoms in total. The van der Waals surface area contributed by atoms with Crippen molar-refractivity contribution in [3.05, 3.63) is 0 Å². The summed E-state index contributed by atoms with van der Waals surface area (Å²) in [6.07, 6.45) is 8.46. The summed E-state index contributed by atoms with van der Waals surface area (Å²) in [5.41, 5.74) is 0. The molecular weight excluding hydrogens is 170 g/mol. The van der Waals surface area contributed by atoms with Crippen LogP contribution in [0.1, 0.15) is 59.3 Å². The molecule has 1 heteroatoms. The normalized spacial score (nSPS) is 31.1. The largest absolute Gasteiger partial charge is 0.313 e. The van der Waals surface area contributed by atoms with Crippen molar-refractivity contribution in [2.75, 3.05) is 6.54 Å². The number of hydrogen-bond acceptors (Lipinski definition) is 1. The quantitative estimate of drug-likeness (QED) is 0.679. The van der Waals surface area contributed by atoms with Crippen LogP contribution in [-0.4, -0.2) is 12.6 Å². The second-order valence-electron chi connectivity index (χ2n) is 5.14. The van der Waals surface area contributed by atoms with Crippen molar-refractivity contribution in [2.24, 2.45) is 11.8 Å². The van der Waals surface area contributed by atoms with Gasteiger partial charge in [0.25, 0.3) is 0 Å². The number of hydrogen-bond donors (Lipinski definition) is 1. The van der Waals surface area contributed by atoms with Gasteiger partial charge in [0, 0.05) is 6.04 Å². The monoisotopic (exact) mass is 197 g/mol. The van der Waals surface area contributed by atoms with Crippen LogP contribution in [0.2, 0.25) is 0 Å². The molecule has 0 aromatic heterocycles. The third-order valence-electron chi connectivity index (χ3n) is 3.79. The molecule has 1 aliphatic rings. The highest BCUT2D eigenvalue weighted by molar-refractivity contribution is 4.77. The van der Waals surface area contributed by atoms with E-state index >= 15 is 0 Å². The molecule has 0 spiro atoms. The Morgan fingerprint density at radius 2 is 1.93 bits per heavy atom. The first-order chi connectivity index (χ1) is 6.74. The Labute approximate surface area is 89.7 Å². The molecule has 0 heterocycles. The Hall–Kier alpha value is -0.0400. The zero-order chi connectivity index (χ0) is 10.4. The predicted octanol–water partition coefficient (Wildman–Crippen LogP) is 3.59. The molecule has 0 saturated heterocycles. The lowest BCUT2D eigenvalue weighted by molar-refractivity contribution is 0.335. The lowest BCUT2D eigenvalue weighted by atomic mass is 9.96. The van der Waals surface area contributed by atoms with Gasteiger partial charge in [-0.15, -0.1) is 0 Å². The van der Waals surface area contributed by atoms with Crippen LogP contribution in [0.15, 0.2) is 0 Å². The third kappa shape index (κ3) is 4.00. The molecule has 0 aromatic rings. The predicted molar refractivity (Wildman–Crippen MR) is 63.5 cm³/mol. The summed E-state index contributed by atoms with van der Waals surface area (Å²) in [5, 5.41) is 3.76. The summed E-state index contributed by atoms with van der Waals surface area (Å²) in [5.74, 6) is 1.73. The average Bonchev–Trinajstić information content (AvgIpc) is 2.39. The molecule has 1 aliphatic carbocycles. The van der Waals surface area contributed by atoms with E-state index < -0.39 is 0 Å². The third-order valence-corrected chi connectivity index (χ3v) is 3.79. The van der Waals surface area contributed by atoms with Gasteiger partial charge in [-0.1, -0.05) is 46.5 Å². The molecule has 14 heavy (non-hydrogen) atoms.